The third-order valence-corrected chi connectivity index (χ3v) is 10.8. The van der Waals surface area contributed by atoms with Gasteiger partial charge in [-0.15, -0.1) is 0 Å². The molecule has 0 radical (unpaired) electrons. The highest BCUT2D eigenvalue weighted by Crippen LogP contribution is 2.30. The minimum atomic E-state index is -1.48. The van der Waals surface area contributed by atoms with Crippen molar-refractivity contribution in [3.8, 4) is 11.5 Å². The Morgan fingerprint density at radius 3 is 2.42 bits per heavy atom. The van der Waals surface area contributed by atoms with E-state index in [2.05, 4.69) is 31.6 Å². The molecule has 322 valence electrons. The number of phenolic OH excluding ortho intramolecular Hbond substituents is 2. The van der Waals surface area contributed by atoms with Crippen molar-refractivity contribution in [3.05, 3.63) is 104 Å². The molecule has 60 heavy (non-hydrogen) atoms. The number of carbonyl (C=O) groups is 5. The maximum atomic E-state index is 14.0. The molecule has 10 N–H and O–H groups in total. The molecule has 0 bridgehead atoms. The van der Waals surface area contributed by atoms with Crippen molar-refractivity contribution >= 4 is 41.5 Å². The fourth-order valence-electron chi connectivity index (χ4n) is 6.78. The van der Waals surface area contributed by atoms with E-state index < -0.39 is 83.5 Å². The Labute approximate surface area is 347 Å². The zero-order chi connectivity index (χ0) is 43.7. The first kappa shape index (κ1) is 44.8. The first-order valence-electron chi connectivity index (χ1n) is 18.9. The number of nitrogens with one attached hydrogen (secondary N) is 6. The van der Waals surface area contributed by atoms with E-state index in [-0.39, 0.29) is 42.9 Å². The lowest BCUT2D eigenvalue weighted by Gasteiger charge is -2.36. The highest BCUT2D eigenvalue weighted by Gasteiger charge is 2.38. The van der Waals surface area contributed by atoms with Crippen LogP contribution in [0.2, 0.25) is 0 Å². The second kappa shape index (κ2) is 20.1. The normalized spacial score (nSPS) is 19.7. The van der Waals surface area contributed by atoms with E-state index in [4.69, 9.17) is 4.74 Å². The van der Waals surface area contributed by atoms with Crippen molar-refractivity contribution in [2.75, 3.05) is 19.1 Å². The van der Waals surface area contributed by atoms with Crippen LogP contribution >= 0.6 is 11.8 Å². The summed E-state index contributed by atoms with van der Waals surface area (Å²) in [6.07, 6.45) is 1.53. The zero-order valence-corrected chi connectivity index (χ0v) is 33.7. The molecule has 7 unspecified atom stereocenters. The van der Waals surface area contributed by atoms with Crippen molar-refractivity contribution in [1.82, 2.24) is 41.0 Å². The Balaban J connectivity index is 1.35. The van der Waals surface area contributed by atoms with E-state index in [0.29, 0.717) is 17.9 Å². The number of thioether (sulfide) groups is 1. The summed E-state index contributed by atoms with van der Waals surface area (Å²) in [5, 5.41) is 53.6. The number of aliphatic carboxylic acids is 1. The van der Waals surface area contributed by atoms with Crippen molar-refractivity contribution in [1.29, 1.82) is 0 Å². The molecule has 1 aromatic heterocycles. The number of H-pyrrole nitrogens is 1. The summed E-state index contributed by atoms with van der Waals surface area (Å²) in [6.45, 7) is 1.87. The minimum Gasteiger partial charge on any atom is -0.508 e. The van der Waals surface area contributed by atoms with Crippen molar-refractivity contribution < 1.29 is 49.1 Å². The molecule has 20 nitrogen and oxygen atoms in total. The van der Waals surface area contributed by atoms with Gasteiger partial charge in [0.25, 0.3) is 5.56 Å². The van der Waals surface area contributed by atoms with Crippen LogP contribution < -0.4 is 37.8 Å². The van der Waals surface area contributed by atoms with Crippen LogP contribution in [-0.2, 0) is 43.3 Å². The number of aromatic nitrogens is 2. The van der Waals surface area contributed by atoms with Gasteiger partial charge in [-0.1, -0.05) is 18.2 Å². The van der Waals surface area contributed by atoms with Crippen molar-refractivity contribution in [2.45, 2.75) is 81.7 Å². The van der Waals surface area contributed by atoms with Gasteiger partial charge in [0.05, 0.1) is 12.1 Å². The van der Waals surface area contributed by atoms with Gasteiger partial charge in [-0.05, 0) is 72.7 Å². The first-order chi connectivity index (χ1) is 28.5. The van der Waals surface area contributed by atoms with Gasteiger partial charge >= 0.3 is 17.7 Å². The number of fused-ring (bicyclic) bond motifs is 1. The number of rotatable bonds is 16. The van der Waals surface area contributed by atoms with Gasteiger partial charge in [-0.3, -0.25) is 28.7 Å². The number of nitrogens with zero attached hydrogens (tertiary/aromatic N) is 2. The molecule has 2 aromatic carbocycles. The van der Waals surface area contributed by atoms with Crippen molar-refractivity contribution in [2.24, 2.45) is 0 Å². The summed E-state index contributed by atoms with van der Waals surface area (Å²) in [4.78, 5) is 94.5. The number of aliphatic hydroxyl groups is 1. The highest BCUT2D eigenvalue weighted by molar-refractivity contribution is 7.98. The molecule has 0 spiro atoms. The number of ether oxygens (including phenoxy) is 1. The molecule has 21 heteroatoms. The van der Waals surface area contributed by atoms with Gasteiger partial charge in [-0.25, -0.2) is 14.4 Å². The molecule has 2 aliphatic rings. The number of aromatic amines is 1. The van der Waals surface area contributed by atoms with Gasteiger partial charge in [0.15, 0.2) is 0 Å². The van der Waals surface area contributed by atoms with E-state index in [1.807, 2.05) is 0 Å². The van der Waals surface area contributed by atoms with Crippen LogP contribution in [0.3, 0.4) is 0 Å². The number of phenols is 2. The molecule has 3 heterocycles. The van der Waals surface area contributed by atoms with E-state index >= 15 is 0 Å². The Morgan fingerprint density at radius 1 is 0.983 bits per heavy atom. The molecule has 3 aromatic rings. The van der Waals surface area contributed by atoms with E-state index in [9.17, 15) is 54.0 Å². The zero-order valence-electron chi connectivity index (χ0n) is 32.9. The van der Waals surface area contributed by atoms with E-state index in [0.717, 1.165) is 34.2 Å². The summed E-state index contributed by atoms with van der Waals surface area (Å²) in [7, 11) is 1.45. The largest absolute Gasteiger partial charge is 0.508 e. The highest BCUT2D eigenvalue weighted by atomic mass is 32.2. The van der Waals surface area contributed by atoms with Crippen LogP contribution in [-0.4, -0.2) is 120 Å². The molecule has 2 aliphatic heterocycles. The van der Waals surface area contributed by atoms with Crippen LogP contribution in [0, 0.1) is 0 Å². The maximum absolute atomic E-state index is 14.0. The summed E-state index contributed by atoms with van der Waals surface area (Å²) in [5.41, 5.74) is 0.611. The number of amides is 5. The summed E-state index contributed by atoms with van der Waals surface area (Å²) in [6, 6.07) is 4.83. The van der Waals surface area contributed by atoms with Gasteiger partial charge in [-0.2, -0.15) is 11.8 Å². The smallest absolute Gasteiger partial charge is 0.331 e. The van der Waals surface area contributed by atoms with Gasteiger partial charge in [0.1, 0.15) is 41.5 Å². The minimum absolute atomic E-state index is 0.0428. The molecule has 5 rings (SSSR count). The monoisotopic (exact) mass is 852 g/mol. The number of benzene rings is 2. The standard InChI is InChI=1S/C39H48N8O12S/c1-20(46(2)35(54)28-16-23-15-25(49)8-7-22(23)18-40-28)32(34(53)41-19-26-17-30(50)36(59-26)47-11-9-31(51)44-39(47)58)45-33(52)27(10-12-60-3)42-38(57)43-29(37(55)56)14-21-5-4-6-24(48)13-21/h4-9,11,13,15,19-20,27-30,32,36,40,48-50H,10,12,14,16-18H2,1-3H3,(H,41,53)(H,45,52)(H,55,56)(H2,42,43,57)(H,44,51,58). The van der Waals surface area contributed by atoms with Crippen LogP contribution in [0.5, 0.6) is 11.5 Å². The molecule has 0 saturated carbocycles. The molecule has 7 atom stereocenters. The number of likely N-dealkylation sites (N-methyl/N-ethyl adjacent to an activating group) is 1. The predicted octanol–water partition coefficient (Wildman–Crippen LogP) is -0.652. The Bertz CT molecular complexity index is 2230. The summed E-state index contributed by atoms with van der Waals surface area (Å²) < 4.78 is 6.70. The van der Waals surface area contributed by atoms with Gasteiger partial charge in [0, 0.05) is 44.9 Å². The SMILES string of the molecule is CSCCC(NC(=O)NC(Cc1cccc(O)c1)C(=O)O)C(=O)NC(C(=O)NC=C1CC(O)C(n2ccc(=O)[nH]c2=O)O1)C(C)N(C)C(=O)C1Cc2cc(O)ccc2CN1. The number of carboxylic acid groups (broad SMARTS) is 1. The van der Waals surface area contributed by atoms with Crippen LogP contribution in [0.4, 0.5) is 4.79 Å². The second-order valence-electron chi connectivity index (χ2n) is 14.4. The van der Waals surface area contributed by atoms with E-state index in [1.54, 1.807) is 30.5 Å². The maximum Gasteiger partial charge on any atom is 0.331 e. The molecule has 5 amide bonds. The lowest BCUT2D eigenvalue weighted by Crippen LogP contribution is -2.62. The number of carboxylic acids is 1. The summed E-state index contributed by atoms with van der Waals surface area (Å²) in [5.74, 6) is -3.09. The lowest BCUT2D eigenvalue weighted by atomic mass is 9.94. The molecule has 1 fully saturated rings. The molecule has 0 aliphatic carbocycles. The third-order valence-electron chi connectivity index (χ3n) is 10.2. The molecule has 1 saturated heterocycles. The molecular weight excluding hydrogens is 805 g/mol. The Hall–Kier alpha value is -6.32. The predicted molar refractivity (Wildman–Crippen MR) is 217 cm³/mol. The second-order valence-corrected chi connectivity index (χ2v) is 15.4. The fraction of sp³-hybridized carbons (Fsp3) is 0.410. The average molecular weight is 853 g/mol. The van der Waals surface area contributed by atoms with Crippen molar-refractivity contribution in [3.63, 3.8) is 0 Å². The Kier molecular flexibility index (Phi) is 15.0. The average Bonchev–Trinajstić information content (AvgIpc) is 3.58. The number of aliphatic hydroxyl groups excluding tert-OH is 1. The van der Waals surface area contributed by atoms with Gasteiger partial charge < -0.3 is 56.6 Å². The number of hydrogen-bond donors (Lipinski definition) is 10. The number of aromatic hydroxyl groups is 2. The number of hydrogen-bond acceptors (Lipinski definition) is 13. The lowest BCUT2D eigenvalue weighted by molar-refractivity contribution is -0.139. The van der Waals surface area contributed by atoms with E-state index in [1.165, 1.54) is 48.8 Å². The Morgan fingerprint density at radius 2 is 1.72 bits per heavy atom. The quantitative estimate of drug-likeness (QED) is 0.0857. The molecular formula is C39H48N8O12S. The fourth-order valence-corrected chi connectivity index (χ4v) is 7.25. The topological polar surface area (TPSA) is 294 Å². The number of urea groups is 1. The van der Waals surface area contributed by atoms with Crippen LogP contribution in [0.1, 0.15) is 42.7 Å². The summed E-state index contributed by atoms with van der Waals surface area (Å²) >= 11 is 1.37. The first-order valence-corrected chi connectivity index (χ1v) is 20.3. The van der Waals surface area contributed by atoms with Crippen LogP contribution in [0.15, 0.2) is 76.3 Å². The van der Waals surface area contributed by atoms with Gasteiger partial charge in [0.2, 0.25) is 23.9 Å². The number of carbonyl (C=O) groups excluding carboxylic acids is 4. The van der Waals surface area contributed by atoms with Crippen LogP contribution in [0.25, 0.3) is 0 Å². The third kappa shape index (κ3) is 11.4.